The van der Waals surface area contributed by atoms with Crippen LogP contribution in [0.1, 0.15) is 21.5 Å². The standard InChI is InChI=1S/C21H16Cl2N2O3/c22-17-9-5-14(6-10-17)20(24)25-28-21(26)15-7-11-18(12-8-15)27-13-16-3-1-2-4-19(16)23/h1-12H,13H2,(H2,24,25). The number of amidine groups is 1. The lowest BCUT2D eigenvalue weighted by Gasteiger charge is -2.08. The molecule has 0 unspecified atom stereocenters. The van der Waals surface area contributed by atoms with Crippen molar-refractivity contribution in [3.63, 3.8) is 0 Å². The molecule has 142 valence electrons. The molecular formula is C21H16Cl2N2O3. The molecule has 0 radical (unpaired) electrons. The van der Waals surface area contributed by atoms with E-state index in [0.29, 0.717) is 33.5 Å². The number of rotatable bonds is 6. The van der Waals surface area contributed by atoms with Gasteiger partial charge in [0.2, 0.25) is 0 Å². The van der Waals surface area contributed by atoms with E-state index in [9.17, 15) is 4.79 Å². The van der Waals surface area contributed by atoms with Crippen molar-refractivity contribution in [1.82, 2.24) is 0 Å². The van der Waals surface area contributed by atoms with E-state index in [2.05, 4.69) is 5.16 Å². The van der Waals surface area contributed by atoms with Crippen LogP contribution >= 0.6 is 23.2 Å². The Bertz CT molecular complexity index is 987. The van der Waals surface area contributed by atoms with E-state index < -0.39 is 5.97 Å². The normalized spacial score (nSPS) is 11.1. The van der Waals surface area contributed by atoms with Gasteiger partial charge in [-0.25, -0.2) is 4.79 Å². The lowest BCUT2D eigenvalue weighted by atomic mass is 10.2. The molecule has 3 rings (SSSR count). The highest BCUT2D eigenvalue weighted by Gasteiger charge is 2.09. The number of hydrogen-bond acceptors (Lipinski definition) is 4. The molecule has 0 fully saturated rings. The molecule has 0 atom stereocenters. The second kappa shape index (κ2) is 9.26. The van der Waals surface area contributed by atoms with Crippen LogP contribution in [0.25, 0.3) is 0 Å². The third kappa shape index (κ3) is 5.25. The number of ether oxygens (including phenoxy) is 1. The molecule has 7 heteroatoms. The second-order valence-corrected chi connectivity index (χ2v) is 6.61. The van der Waals surface area contributed by atoms with E-state index in [-0.39, 0.29) is 5.84 Å². The molecule has 5 nitrogen and oxygen atoms in total. The fourth-order valence-electron chi connectivity index (χ4n) is 2.28. The Hall–Kier alpha value is -3.02. The van der Waals surface area contributed by atoms with Gasteiger partial charge in [0.15, 0.2) is 5.84 Å². The molecule has 0 heterocycles. The van der Waals surface area contributed by atoms with Crippen molar-refractivity contribution in [3.05, 3.63) is 99.5 Å². The number of carbonyl (C=O) groups excluding carboxylic acids is 1. The van der Waals surface area contributed by atoms with Gasteiger partial charge in [0, 0.05) is 21.2 Å². The molecule has 0 saturated carbocycles. The lowest BCUT2D eigenvalue weighted by Crippen LogP contribution is -2.15. The molecule has 0 aliphatic carbocycles. The first-order valence-corrected chi connectivity index (χ1v) is 9.05. The Kier molecular flexibility index (Phi) is 6.53. The minimum atomic E-state index is -0.630. The zero-order valence-corrected chi connectivity index (χ0v) is 16.2. The molecular weight excluding hydrogens is 399 g/mol. The number of nitrogens with two attached hydrogens (primary N) is 1. The Labute approximate surface area is 172 Å². The zero-order valence-electron chi connectivity index (χ0n) is 14.6. The quantitative estimate of drug-likeness (QED) is 0.265. The summed E-state index contributed by atoms with van der Waals surface area (Å²) < 4.78 is 5.68. The van der Waals surface area contributed by atoms with Crippen LogP contribution in [0.4, 0.5) is 0 Å². The zero-order chi connectivity index (χ0) is 19.9. The number of benzene rings is 3. The van der Waals surface area contributed by atoms with Crippen molar-refractivity contribution < 1.29 is 14.4 Å². The van der Waals surface area contributed by atoms with Gasteiger partial charge in [-0.3, -0.25) is 0 Å². The Morgan fingerprint density at radius 3 is 2.21 bits per heavy atom. The predicted molar refractivity (Wildman–Crippen MR) is 110 cm³/mol. The summed E-state index contributed by atoms with van der Waals surface area (Å²) in [6, 6.07) is 20.6. The van der Waals surface area contributed by atoms with Gasteiger partial charge in [-0.2, -0.15) is 0 Å². The van der Waals surface area contributed by atoms with Gasteiger partial charge in [0.25, 0.3) is 0 Å². The van der Waals surface area contributed by atoms with Crippen LogP contribution in [-0.4, -0.2) is 11.8 Å². The number of halogens is 2. The second-order valence-electron chi connectivity index (χ2n) is 5.77. The maximum Gasteiger partial charge on any atom is 0.365 e. The molecule has 3 aromatic rings. The van der Waals surface area contributed by atoms with Gasteiger partial charge in [-0.1, -0.05) is 46.6 Å². The predicted octanol–water partition coefficient (Wildman–Crippen LogP) is 5.05. The van der Waals surface area contributed by atoms with Crippen molar-refractivity contribution >= 4 is 35.0 Å². The van der Waals surface area contributed by atoms with Gasteiger partial charge in [-0.15, -0.1) is 0 Å². The number of carbonyl (C=O) groups is 1. The molecule has 0 amide bonds. The minimum absolute atomic E-state index is 0.0738. The summed E-state index contributed by atoms with van der Waals surface area (Å²) >= 11 is 11.9. The van der Waals surface area contributed by atoms with Crippen LogP contribution in [0.5, 0.6) is 5.75 Å². The molecule has 0 aliphatic heterocycles. The summed E-state index contributed by atoms with van der Waals surface area (Å²) in [5.74, 6) is 0.0416. The summed E-state index contributed by atoms with van der Waals surface area (Å²) in [6.07, 6.45) is 0. The largest absolute Gasteiger partial charge is 0.489 e. The third-order valence-electron chi connectivity index (χ3n) is 3.81. The summed E-state index contributed by atoms with van der Waals surface area (Å²) in [5.41, 5.74) is 7.59. The molecule has 0 bridgehead atoms. The summed E-state index contributed by atoms with van der Waals surface area (Å²) in [6.45, 7) is 0.325. The van der Waals surface area contributed by atoms with E-state index >= 15 is 0 Å². The van der Waals surface area contributed by atoms with Crippen LogP contribution < -0.4 is 10.5 Å². The van der Waals surface area contributed by atoms with Crippen LogP contribution in [0, 0.1) is 0 Å². The Morgan fingerprint density at radius 1 is 0.893 bits per heavy atom. The minimum Gasteiger partial charge on any atom is -0.489 e. The lowest BCUT2D eigenvalue weighted by molar-refractivity contribution is 0.0516. The topological polar surface area (TPSA) is 73.9 Å². The van der Waals surface area contributed by atoms with Crippen molar-refractivity contribution in [2.45, 2.75) is 6.61 Å². The first-order valence-electron chi connectivity index (χ1n) is 8.30. The smallest absolute Gasteiger partial charge is 0.365 e. The van der Waals surface area contributed by atoms with Crippen LogP contribution in [0.15, 0.2) is 78.0 Å². The van der Waals surface area contributed by atoms with E-state index in [4.69, 9.17) is 38.5 Å². The average Bonchev–Trinajstić information content (AvgIpc) is 2.72. The van der Waals surface area contributed by atoms with E-state index in [1.807, 2.05) is 18.2 Å². The SMILES string of the molecule is N/C(=N/OC(=O)c1ccc(OCc2ccccc2Cl)cc1)c1ccc(Cl)cc1. The molecule has 2 N–H and O–H groups in total. The Balaban J connectivity index is 1.58. The van der Waals surface area contributed by atoms with Crippen molar-refractivity contribution in [2.75, 3.05) is 0 Å². The Morgan fingerprint density at radius 2 is 1.54 bits per heavy atom. The monoisotopic (exact) mass is 414 g/mol. The van der Waals surface area contributed by atoms with E-state index in [1.54, 1.807) is 54.6 Å². The molecule has 0 saturated heterocycles. The van der Waals surface area contributed by atoms with Gasteiger partial charge in [0.1, 0.15) is 12.4 Å². The highest BCUT2D eigenvalue weighted by atomic mass is 35.5. The van der Waals surface area contributed by atoms with Crippen molar-refractivity contribution in [3.8, 4) is 5.75 Å². The highest BCUT2D eigenvalue weighted by Crippen LogP contribution is 2.19. The molecule has 0 aliphatic rings. The fraction of sp³-hybridized carbons (Fsp3) is 0.0476. The fourth-order valence-corrected chi connectivity index (χ4v) is 2.60. The van der Waals surface area contributed by atoms with Gasteiger partial charge >= 0.3 is 5.97 Å². The maximum atomic E-state index is 12.1. The van der Waals surface area contributed by atoms with Crippen LogP contribution in [-0.2, 0) is 11.4 Å². The van der Waals surface area contributed by atoms with E-state index in [1.165, 1.54) is 0 Å². The summed E-state index contributed by atoms with van der Waals surface area (Å²) in [5, 5.41) is 4.88. The maximum absolute atomic E-state index is 12.1. The number of hydrogen-bond donors (Lipinski definition) is 1. The third-order valence-corrected chi connectivity index (χ3v) is 4.43. The number of nitrogens with zero attached hydrogens (tertiary/aromatic N) is 1. The van der Waals surface area contributed by atoms with Gasteiger partial charge in [0.05, 0.1) is 5.56 Å². The molecule has 0 spiro atoms. The summed E-state index contributed by atoms with van der Waals surface area (Å²) in [4.78, 5) is 17.0. The first-order chi connectivity index (χ1) is 13.5. The van der Waals surface area contributed by atoms with Gasteiger partial charge in [-0.05, 0) is 54.6 Å². The van der Waals surface area contributed by atoms with Crippen LogP contribution in [0.2, 0.25) is 10.0 Å². The highest BCUT2D eigenvalue weighted by molar-refractivity contribution is 6.31. The average molecular weight is 415 g/mol. The van der Waals surface area contributed by atoms with Crippen LogP contribution in [0.3, 0.4) is 0 Å². The summed E-state index contributed by atoms with van der Waals surface area (Å²) in [7, 11) is 0. The number of oxime groups is 1. The van der Waals surface area contributed by atoms with Crippen molar-refractivity contribution in [1.29, 1.82) is 0 Å². The molecule has 3 aromatic carbocycles. The van der Waals surface area contributed by atoms with E-state index in [0.717, 1.165) is 5.56 Å². The van der Waals surface area contributed by atoms with Gasteiger partial charge < -0.3 is 15.3 Å². The molecule has 28 heavy (non-hydrogen) atoms. The van der Waals surface area contributed by atoms with Crippen molar-refractivity contribution in [2.24, 2.45) is 10.9 Å². The first kappa shape index (κ1) is 19.7. The molecule has 0 aromatic heterocycles.